The fourth-order valence-corrected chi connectivity index (χ4v) is 8.89. The molecule has 0 unspecified atom stereocenters. The Morgan fingerprint density at radius 1 is 0.554 bits per heavy atom. The predicted molar refractivity (Wildman–Crippen MR) is 230 cm³/mol. The van der Waals surface area contributed by atoms with Gasteiger partial charge >= 0.3 is 0 Å². The summed E-state index contributed by atoms with van der Waals surface area (Å²) in [4.78, 5) is 9.97. The summed E-state index contributed by atoms with van der Waals surface area (Å²) < 4.78 is 17.9. The SMILES string of the molecule is CC(C)c1cccc(C(C)C)c1-c1cnc2c3cc(Oc4ccc5c6ccc7c8ccccc8oc7c6n(-c6ccccn6)c5c4)ccc3c3ccccc3n12. The average molecular weight is 727 g/mol. The maximum Gasteiger partial charge on any atom is 0.160 e. The molecule has 0 aliphatic heterocycles. The zero-order valence-corrected chi connectivity index (χ0v) is 31.6. The summed E-state index contributed by atoms with van der Waals surface area (Å²) in [6.45, 7) is 9.09. The first-order valence-electron chi connectivity index (χ1n) is 19.4. The van der Waals surface area contributed by atoms with Gasteiger partial charge < -0.3 is 9.15 Å². The molecule has 0 amide bonds. The highest BCUT2D eigenvalue weighted by molar-refractivity contribution is 6.21. The second-order valence-corrected chi connectivity index (χ2v) is 15.4. The van der Waals surface area contributed by atoms with Crippen molar-refractivity contribution >= 4 is 71.1 Å². The molecular formula is C50H38N4O2. The fourth-order valence-electron chi connectivity index (χ4n) is 8.89. The molecule has 0 bridgehead atoms. The Bertz CT molecular complexity index is 3320. The lowest BCUT2D eigenvalue weighted by Crippen LogP contribution is -2.02. The van der Waals surface area contributed by atoms with Crippen LogP contribution < -0.4 is 4.74 Å². The van der Waals surface area contributed by atoms with Crippen molar-refractivity contribution in [2.24, 2.45) is 0 Å². The van der Waals surface area contributed by atoms with E-state index >= 15 is 0 Å². The van der Waals surface area contributed by atoms with E-state index in [1.54, 1.807) is 0 Å². The van der Waals surface area contributed by atoms with Crippen molar-refractivity contribution in [3.63, 3.8) is 0 Å². The maximum atomic E-state index is 6.78. The van der Waals surface area contributed by atoms with E-state index in [9.17, 15) is 0 Å². The van der Waals surface area contributed by atoms with Crippen molar-refractivity contribution in [2.45, 2.75) is 39.5 Å². The number of fused-ring (bicyclic) bond motifs is 13. The first kappa shape index (κ1) is 32.5. The summed E-state index contributed by atoms with van der Waals surface area (Å²) in [5.41, 5.74) is 10.8. The van der Waals surface area contributed by atoms with Gasteiger partial charge in [0.05, 0.1) is 28.4 Å². The van der Waals surface area contributed by atoms with Crippen molar-refractivity contribution in [3.8, 4) is 28.6 Å². The molecule has 0 saturated carbocycles. The number of imidazole rings is 1. The molecule has 5 heterocycles. The van der Waals surface area contributed by atoms with Gasteiger partial charge in [-0.3, -0.25) is 8.97 Å². The van der Waals surface area contributed by atoms with E-state index in [4.69, 9.17) is 19.1 Å². The molecule has 6 aromatic carbocycles. The van der Waals surface area contributed by atoms with Gasteiger partial charge in [0.15, 0.2) is 5.58 Å². The molecule has 56 heavy (non-hydrogen) atoms. The summed E-state index contributed by atoms with van der Waals surface area (Å²) in [5.74, 6) is 3.00. The molecule has 11 rings (SSSR count). The lowest BCUT2D eigenvalue weighted by Gasteiger charge is -2.20. The number of nitrogens with zero attached hydrogens (tertiary/aromatic N) is 4. The van der Waals surface area contributed by atoms with Gasteiger partial charge in [0.25, 0.3) is 0 Å². The van der Waals surface area contributed by atoms with Gasteiger partial charge in [0, 0.05) is 50.1 Å². The quantitative estimate of drug-likeness (QED) is 0.160. The third-order valence-corrected chi connectivity index (χ3v) is 11.4. The molecule has 270 valence electrons. The van der Waals surface area contributed by atoms with Crippen LogP contribution in [0.3, 0.4) is 0 Å². The zero-order chi connectivity index (χ0) is 37.7. The minimum Gasteiger partial charge on any atom is -0.457 e. The van der Waals surface area contributed by atoms with Crippen LogP contribution in [0.1, 0.15) is 50.7 Å². The number of ether oxygens (including phenoxy) is 1. The lowest BCUT2D eigenvalue weighted by molar-refractivity contribution is 0.484. The van der Waals surface area contributed by atoms with Crippen molar-refractivity contribution in [1.29, 1.82) is 0 Å². The predicted octanol–water partition coefficient (Wildman–Crippen LogP) is 13.7. The highest BCUT2D eigenvalue weighted by Crippen LogP contribution is 2.43. The minimum absolute atomic E-state index is 0.361. The summed E-state index contributed by atoms with van der Waals surface area (Å²) in [6.07, 6.45) is 3.89. The molecular weight excluding hydrogens is 689 g/mol. The van der Waals surface area contributed by atoms with Crippen molar-refractivity contribution < 1.29 is 9.15 Å². The highest BCUT2D eigenvalue weighted by atomic mass is 16.5. The molecule has 0 fully saturated rings. The van der Waals surface area contributed by atoms with E-state index in [2.05, 4.69) is 146 Å². The van der Waals surface area contributed by atoms with E-state index in [0.717, 1.165) is 88.7 Å². The normalized spacial score (nSPS) is 12.2. The van der Waals surface area contributed by atoms with Crippen LogP contribution in [0.25, 0.3) is 88.1 Å². The van der Waals surface area contributed by atoms with Crippen molar-refractivity contribution in [3.05, 3.63) is 157 Å². The summed E-state index contributed by atoms with van der Waals surface area (Å²) in [5, 5.41) is 7.72. The van der Waals surface area contributed by atoms with Crippen LogP contribution in [0.2, 0.25) is 0 Å². The molecule has 0 radical (unpaired) electrons. The molecule has 6 nitrogen and oxygen atoms in total. The summed E-state index contributed by atoms with van der Waals surface area (Å²) in [6, 6.07) is 46.6. The number of pyridine rings is 2. The topological polar surface area (TPSA) is 57.5 Å². The Morgan fingerprint density at radius 3 is 2.02 bits per heavy atom. The van der Waals surface area contributed by atoms with Crippen LogP contribution in [0.5, 0.6) is 11.5 Å². The molecule has 0 aliphatic carbocycles. The van der Waals surface area contributed by atoms with Crippen LogP contribution >= 0.6 is 0 Å². The monoisotopic (exact) mass is 726 g/mol. The molecule has 5 aromatic heterocycles. The molecule has 0 N–H and O–H groups in total. The third kappa shape index (κ3) is 4.75. The standard InChI is InChI=1S/C50H38N4O2/c1-29(2)33-14-11-15-34(30(3)4)47(33)44-28-52-50-41-26-31(19-21-35(41)36-12-5-7-16-42(36)53(44)50)55-32-20-22-37-39-23-24-40-38-13-6-8-17-45(38)56-49(40)48(39)54(43(37)27-32)46-18-9-10-25-51-46/h5-30H,1-4H3. The zero-order valence-electron chi connectivity index (χ0n) is 31.6. The van der Waals surface area contributed by atoms with E-state index in [1.165, 1.54) is 22.1 Å². The smallest absolute Gasteiger partial charge is 0.160 e. The number of furan rings is 1. The summed E-state index contributed by atoms with van der Waals surface area (Å²) in [7, 11) is 0. The van der Waals surface area contributed by atoms with Gasteiger partial charge in [-0.15, -0.1) is 0 Å². The molecule has 0 spiro atoms. The second-order valence-electron chi connectivity index (χ2n) is 15.4. The van der Waals surface area contributed by atoms with E-state index in [0.29, 0.717) is 11.8 Å². The number of hydrogen-bond acceptors (Lipinski definition) is 4. The van der Waals surface area contributed by atoms with E-state index in [-0.39, 0.29) is 0 Å². The number of para-hydroxylation sites is 2. The summed E-state index contributed by atoms with van der Waals surface area (Å²) >= 11 is 0. The van der Waals surface area contributed by atoms with Gasteiger partial charge in [0.2, 0.25) is 0 Å². The Balaban J connectivity index is 1.11. The van der Waals surface area contributed by atoms with Crippen LogP contribution in [-0.2, 0) is 0 Å². The van der Waals surface area contributed by atoms with E-state index < -0.39 is 0 Å². The average Bonchev–Trinajstić information content (AvgIpc) is 3.93. The molecule has 0 saturated heterocycles. The molecule has 0 aliphatic rings. The van der Waals surface area contributed by atoms with Crippen molar-refractivity contribution in [2.75, 3.05) is 0 Å². The molecule has 0 atom stereocenters. The first-order valence-corrected chi connectivity index (χ1v) is 19.4. The van der Waals surface area contributed by atoms with Gasteiger partial charge in [0.1, 0.15) is 28.5 Å². The molecule has 6 heteroatoms. The van der Waals surface area contributed by atoms with Crippen LogP contribution in [0.4, 0.5) is 0 Å². The Labute approximate surface area is 323 Å². The first-order chi connectivity index (χ1) is 27.4. The third-order valence-electron chi connectivity index (χ3n) is 11.4. The van der Waals surface area contributed by atoms with Crippen LogP contribution in [0, 0.1) is 0 Å². The number of hydrogen-bond donors (Lipinski definition) is 0. The second kappa shape index (κ2) is 12.3. The Morgan fingerprint density at radius 2 is 1.23 bits per heavy atom. The molecule has 11 aromatic rings. The number of benzene rings is 6. The van der Waals surface area contributed by atoms with Gasteiger partial charge in [-0.2, -0.15) is 0 Å². The Kier molecular flexibility index (Phi) is 7.14. The number of aromatic nitrogens is 4. The van der Waals surface area contributed by atoms with Gasteiger partial charge in [-0.1, -0.05) is 94.4 Å². The Hall–Kier alpha value is -6.92. The maximum absolute atomic E-state index is 6.78. The van der Waals surface area contributed by atoms with Gasteiger partial charge in [-0.05, 0) is 89.0 Å². The van der Waals surface area contributed by atoms with Crippen LogP contribution in [-0.4, -0.2) is 18.9 Å². The minimum atomic E-state index is 0.361. The number of rotatable bonds is 6. The fraction of sp³-hybridized carbons (Fsp3) is 0.120. The highest BCUT2D eigenvalue weighted by Gasteiger charge is 2.23. The van der Waals surface area contributed by atoms with Gasteiger partial charge in [-0.25, -0.2) is 9.97 Å². The van der Waals surface area contributed by atoms with Crippen molar-refractivity contribution in [1.82, 2.24) is 18.9 Å². The van der Waals surface area contributed by atoms with Crippen LogP contribution in [0.15, 0.2) is 150 Å². The largest absolute Gasteiger partial charge is 0.457 e. The van der Waals surface area contributed by atoms with E-state index in [1.807, 2.05) is 36.5 Å². The lowest BCUT2D eigenvalue weighted by atomic mass is 9.87.